The molecular weight excluding hydrogens is 312 g/mol. The number of nitrogen functional groups attached to an aromatic ring is 1. The highest BCUT2D eigenvalue weighted by molar-refractivity contribution is 5.94. The predicted molar refractivity (Wildman–Crippen MR) is 101 cm³/mol. The van der Waals surface area contributed by atoms with Gasteiger partial charge in [0.05, 0.1) is 5.56 Å². The van der Waals surface area contributed by atoms with Crippen molar-refractivity contribution < 1.29 is 4.79 Å². The van der Waals surface area contributed by atoms with Crippen LogP contribution >= 0.6 is 0 Å². The Morgan fingerprint density at radius 2 is 2.12 bits per heavy atom. The Hall–Kier alpha value is -2.66. The Kier molecular flexibility index (Phi) is 5.80. The standard InChI is InChI=1S/C20H24N4O/c21-19-9-8-18(14-22-19)20(25)23-13-17-10-12-24(15-17)11-4-7-16-5-2-1-3-6-16/h1-9,14,17H,10-13,15H2,(H2,21,22)(H,23,25)/b7-4+/t17-/m0/s1. The van der Waals surface area contributed by atoms with Gasteiger partial charge in [0, 0.05) is 25.8 Å². The molecule has 0 bridgehead atoms. The van der Waals surface area contributed by atoms with Gasteiger partial charge in [-0.1, -0.05) is 42.5 Å². The van der Waals surface area contributed by atoms with E-state index in [0.717, 1.165) is 26.1 Å². The summed E-state index contributed by atoms with van der Waals surface area (Å²) < 4.78 is 0. The summed E-state index contributed by atoms with van der Waals surface area (Å²) in [6.45, 7) is 3.73. The van der Waals surface area contributed by atoms with Gasteiger partial charge in [0.1, 0.15) is 5.82 Å². The second-order valence-corrected chi connectivity index (χ2v) is 6.41. The Morgan fingerprint density at radius 1 is 1.28 bits per heavy atom. The van der Waals surface area contributed by atoms with Crippen molar-refractivity contribution in [3.8, 4) is 0 Å². The fraction of sp³-hybridized carbons (Fsp3) is 0.300. The molecule has 1 atom stereocenters. The zero-order valence-electron chi connectivity index (χ0n) is 14.3. The van der Waals surface area contributed by atoms with Gasteiger partial charge in [0.15, 0.2) is 0 Å². The van der Waals surface area contributed by atoms with E-state index in [1.54, 1.807) is 12.1 Å². The minimum Gasteiger partial charge on any atom is -0.384 e. The number of hydrogen-bond donors (Lipinski definition) is 2. The van der Waals surface area contributed by atoms with Crippen LogP contribution in [0, 0.1) is 5.92 Å². The summed E-state index contributed by atoms with van der Waals surface area (Å²) in [5.74, 6) is 0.831. The normalized spacial score (nSPS) is 17.8. The summed E-state index contributed by atoms with van der Waals surface area (Å²) in [6.07, 6.45) is 6.99. The van der Waals surface area contributed by atoms with Crippen LogP contribution < -0.4 is 11.1 Å². The lowest BCUT2D eigenvalue weighted by Gasteiger charge is -2.14. The molecule has 3 N–H and O–H groups in total. The Labute approximate surface area is 148 Å². The van der Waals surface area contributed by atoms with Crippen LogP contribution in [-0.4, -0.2) is 42.0 Å². The molecule has 5 heteroatoms. The highest BCUT2D eigenvalue weighted by Gasteiger charge is 2.22. The van der Waals surface area contributed by atoms with Gasteiger partial charge in [-0.15, -0.1) is 0 Å². The van der Waals surface area contributed by atoms with Gasteiger partial charge in [0.2, 0.25) is 0 Å². The fourth-order valence-electron chi connectivity index (χ4n) is 3.03. The zero-order valence-corrected chi connectivity index (χ0v) is 14.3. The van der Waals surface area contributed by atoms with Crippen molar-refractivity contribution in [3.63, 3.8) is 0 Å². The maximum absolute atomic E-state index is 12.1. The minimum absolute atomic E-state index is 0.0880. The molecule has 5 nitrogen and oxygen atoms in total. The van der Waals surface area contributed by atoms with Crippen LogP contribution in [0.1, 0.15) is 22.3 Å². The van der Waals surface area contributed by atoms with Crippen LogP contribution in [0.25, 0.3) is 6.08 Å². The van der Waals surface area contributed by atoms with Crippen molar-refractivity contribution in [3.05, 3.63) is 65.9 Å². The van der Waals surface area contributed by atoms with E-state index >= 15 is 0 Å². The van der Waals surface area contributed by atoms with Gasteiger partial charge >= 0.3 is 0 Å². The maximum atomic E-state index is 12.1. The number of benzene rings is 1. The molecule has 1 aromatic carbocycles. The number of anilines is 1. The molecule has 130 valence electrons. The van der Waals surface area contributed by atoms with E-state index in [-0.39, 0.29) is 5.91 Å². The van der Waals surface area contributed by atoms with Crippen molar-refractivity contribution in [2.75, 3.05) is 31.9 Å². The van der Waals surface area contributed by atoms with Crippen molar-refractivity contribution in [2.45, 2.75) is 6.42 Å². The minimum atomic E-state index is -0.0880. The van der Waals surface area contributed by atoms with E-state index in [1.165, 1.54) is 11.8 Å². The molecule has 1 aliphatic rings. The highest BCUT2D eigenvalue weighted by atomic mass is 16.1. The number of amides is 1. The first-order chi connectivity index (χ1) is 12.2. The lowest BCUT2D eigenvalue weighted by Crippen LogP contribution is -2.31. The number of carbonyl (C=O) groups excluding carboxylic acids is 1. The van der Waals surface area contributed by atoms with Crippen molar-refractivity contribution >= 4 is 17.8 Å². The van der Waals surface area contributed by atoms with E-state index < -0.39 is 0 Å². The van der Waals surface area contributed by atoms with Crippen molar-refractivity contribution in [1.82, 2.24) is 15.2 Å². The Bertz CT molecular complexity index is 712. The first-order valence-electron chi connectivity index (χ1n) is 8.64. The summed E-state index contributed by atoms with van der Waals surface area (Å²) in [5, 5.41) is 3.00. The average molecular weight is 336 g/mol. The third-order valence-electron chi connectivity index (χ3n) is 4.44. The van der Waals surface area contributed by atoms with Gasteiger partial charge in [-0.05, 0) is 36.6 Å². The van der Waals surface area contributed by atoms with Crippen LogP contribution in [0.15, 0.2) is 54.7 Å². The highest BCUT2D eigenvalue weighted by Crippen LogP contribution is 2.15. The molecule has 1 amide bonds. The lowest BCUT2D eigenvalue weighted by atomic mass is 10.1. The number of rotatable bonds is 6. The molecule has 0 saturated carbocycles. The largest absolute Gasteiger partial charge is 0.384 e. The molecule has 1 saturated heterocycles. The summed E-state index contributed by atoms with van der Waals surface area (Å²) >= 11 is 0. The number of likely N-dealkylation sites (tertiary alicyclic amines) is 1. The van der Waals surface area contributed by atoms with Crippen molar-refractivity contribution in [2.24, 2.45) is 5.92 Å². The number of nitrogens with one attached hydrogen (secondary N) is 1. The molecule has 0 unspecified atom stereocenters. The zero-order chi connectivity index (χ0) is 17.5. The van der Waals surface area contributed by atoms with Crippen LogP contribution in [0.5, 0.6) is 0 Å². The monoisotopic (exact) mass is 336 g/mol. The van der Waals surface area contributed by atoms with Gasteiger partial charge < -0.3 is 11.1 Å². The van der Waals surface area contributed by atoms with E-state index in [2.05, 4.69) is 39.5 Å². The van der Waals surface area contributed by atoms with E-state index in [1.807, 2.05) is 18.2 Å². The van der Waals surface area contributed by atoms with Crippen LogP contribution in [0.4, 0.5) is 5.82 Å². The molecular formula is C20H24N4O. The van der Waals surface area contributed by atoms with Crippen molar-refractivity contribution in [1.29, 1.82) is 0 Å². The van der Waals surface area contributed by atoms with Crippen LogP contribution in [-0.2, 0) is 0 Å². The van der Waals surface area contributed by atoms with Gasteiger partial charge in [-0.25, -0.2) is 4.98 Å². The van der Waals surface area contributed by atoms with Gasteiger partial charge in [-0.2, -0.15) is 0 Å². The molecule has 0 aliphatic carbocycles. The SMILES string of the molecule is Nc1ccc(C(=O)NC[C@@H]2CCN(C/C=C/c3ccccc3)C2)cn1. The quantitative estimate of drug-likeness (QED) is 0.850. The molecule has 1 aliphatic heterocycles. The molecule has 0 spiro atoms. The number of aromatic nitrogens is 1. The summed E-state index contributed by atoms with van der Waals surface area (Å²) in [5.41, 5.74) is 7.31. The molecule has 25 heavy (non-hydrogen) atoms. The van der Waals surface area contributed by atoms with E-state index in [4.69, 9.17) is 5.73 Å². The third kappa shape index (κ3) is 5.16. The number of hydrogen-bond acceptors (Lipinski definition) is 4. The topological polar surface area (TPSA) is 71.2 Å². The predicted octanol–water partition coefficient (Wildman–Crippen LogP) is 2.43. The summed E-state index contributed by atoms with van der Waals surface area (Å²) in [7, 11) is 0. The summed E-state index contributed by atoms with van der Waals surface area (Å²) in [4.78, 5) is 18.5. The average Bonchev–Trinajstić information content (AvgIpc) is 3.09. The van der Waals surface area contributed by atoms with Crippen LogP contribution in [0.3, 0.4) is 0 Å². The number of pyridine rings is 1. The second kappa shape index (κ2) is 8.44. The lowest BCUT2D eigenvalue weighted by molar-refractivity contribution is 0.0947. The van der Waals surface area contributed by atoms with Gasteiger partial charge in [-0.3, -0.25) is 9.69 Å². The van der Waals surface area contributed by atoms with Gasteiger partial charge in [0.25, 0.3) is 5.91 Å². The molecule has 1 fully saturated rings. The first kappa shape index (κ1) is 17.2. The second-order valence-electron chi connectivity index (χ2n) is 6.41. The smallest absolute Gasteiger partial charge is 0.252 e. The molecule has 0 radical (unpaired) electrons. The maximum Gasteiger partial charge on any atom is 0.252 e. The fourth-order valence-corrected chi connectivity index (χ4v) is 3.03. The third-order valence-corrected chi connectivity index (χ3v) is 4.44. The Morgan fingerprint density at radius 3 is 2.88 bits per heavy atom. The number of nitrogens with zero attached hydrogens (tertiary/aromatic N) is 2. The number of carbonyl (C=O) groups is 1. The van der Waals surface area contributed by atoms with E-state index in [0.29, 0.717) is 23.8 Å². The summed E-state index contributed by atoms with van der Waals surface area (Å²) in [6, 6.07) is 13.7. The number of nitrogens with two attached hydrogens (primary N) is 1. The molecule has 2 aromatic rings. The Balaban J connectivity index is 1.40. The molecule has 2 heterocycles. The van der Waals surface area contributed by atoms with E-state index in [9.17, 15) is 4.79 Å². The molecule has 3 rings (SSSR count). The van der Waals surface area contributed by atoms with Crippen LogP contribution in [0.2, 0.25) is 0 Å². The molecule has 1 aromatic heterocycles. The first-order valence-corrected chi connectivity index (χ1v) is 8.64.